The van der Waals surface area contributed by atoms with E-state index in [9.17, 15) is 24.0 Å². The van der Waals surface area contributed by atoms with Crippen LogP contribution in [0.1, 0.15) is 103 Å². The van der Waals surface area contributed by atoms with Gasteiger partial charge in [-0.1, -0.05) is 19.7 Å². The topological polar surface area (TPSA) is 183 Å². The highest BCUT2D eigenvalue weighted by Gasteiger charge is 2.20. The largest absolute Gasteiger partial charge is 0.494 e. The van der Waals surface area contributed by atoms with Crippen molar-refractivity contribution < 1.29 is 61.9 Å². The average molecular weight is 856 g/mol. The van der Waals surface area contributed by atoms with Crippen LogP contribution < -0.4 is 23.7 Å². The number of nitrogens with one attached hydrogen (secondary N) is 1. The van der Waals surface area contributed by atoms with Crippen LogP contribution in [0.25, 0.3) is 0 Å². The lowest BCUT2D eigenvalue weighted by molar-refractivity contribution is -0.138. The molecule has 0 radical (unpaired) electrons. The summed E-state index contributed by atoms with van der Waals surface area (Å²) in [6.45, 7) is 12.3. The highest BCUT2D eigenvalue weighted by molar-refractivity contribution is 5.94. The van der Waals surface area contributed by atoms with Crippen molar-refractivity contribution in [3.63, 3.8) is 0 Å². The van der Waals surface area contributed by atoms with Gasteiger partial charge in [0.1, 0.15) is 17.2 Å². The summed E-state index contributed by atoms with van der Waals surface area (Å²) in [5.41, 5.74) is 0.663. The zero-order chi connectivity index (χ0) is 44.8. The van der Waals surface area contributed by atoms with E-state index in [-0.39, 0.29) is 47.2 Å². The van der Waals surface area contributed by atoms with Gasteiger partial charge >= 0.3 is 29.8 Å². The molecule has 0 spiro atoms. The summed E-state index contributed by atoms with van der Waals surface area (Å²) in [7, 11) is 0. The number of unbranched alkanes of at least 4 members (excludes halogenated alkanes) is 9. The molecule has 14 nitrogen and oxygen atoms in total. The van der Waals surface area contributed by atoms with E-state index >= 15 is 0 Å². The molecule has 0 aliphatic heterocycles. The molecule has 3 rings (SSSR count). The van der Waals surface area contributed by atoms with Gasteiger partial charge in [-0.05, 0) is 132 Å². The van der Waals surface area contributed by atoms with Gasteiger partial charge in [0, 0.05) is 36.1 Å². The van der Waals surface area contributed by atoms with Crippen LogP contribution in [0.5, 0.6) is 28.7 Å². The summed E-state index contributed by atoms with van der Waals surface area (Å²) in [6.07, 6.45) is 13.9. The fourth-order valence-electron chi connectivity index (χ4n) is 5.57. The fourth-order valence-corrected chi connectivity index (χ4v) is 5.57. The van der Waals surface area contributed by atoms with Crippen molar-refractivity contribution in [3.8, 4) is 28.7 Å². The molecule has 332 valence electrons. The van der Waals surface area contributed by atoms with E-state index in [2.05, 4.69) is 19.7 Å². The van der Waals surface area contributed by atoms with Crippen LogP contribution >= 0.6 is 0 Å². The molecule has 3 aromatic carbocycles. The van der Waals surface area contributed by atoms with Crippen molar-refractivity contribution in [2.24, 2.45) is 0 Å². The molecule has 0 saturated carbocycles. The second-order valence-electron chi connectivity index (χ2n) is 13.7. The predicted octanol–water partition coefficient (Wildman–Crippen LogP) is 9.13. The number of hydrogen-bond donors (Lipinski definition) is 1. The summed E-state index contributed by atoms with van der Waals surface area (Å²) in [6, 6.07) is 15.8. The van der Waals surface area contributed by atoms with Crippen molar-refractivity contribution in [3.05, 3.63) is 115 Å². The number of hydrogen-bond acceptors (Lipinski definition) is 14. The van der Waals surface area contributed by atoms with Gasteiger partial charge in [-0.25, -0.2) is 24.0 Å². The zero-order valence-corrected chi connectivity index (χ0v) is 35.2. The SMILES string of the molecule is C=CC(=O)OCCCCCCOc1ccc(C(=O)Oc2cc(OCCCCCCOC(=O)C=C)c(OC(=O)c3ccc(OCCCCCCOC(=O)C=C)cc3)cc2C=N)cc1. The molecule has 0 aliphatic rings. The summed E-state index contributed by atoms with van der Waals surface area (Å²) in [5.74, 6) is -1.34. The van der Waals surface area contributed by atoms with Crippen LogP contribution in [0.2, 0.25) is 0 Å². The average Bonchev–Trinajstić information content (AvgIpc) is 3.29. The highest BCUT2D eigenvalue weighted by atomic mass is 16.6. The van der Waals surface area contributed by atoms with E-state index in [1.807, 2.05) is 0 Å². The van der Waals surface area contributed by atoms with E-state index in [1.165, 1.54) is 12.1 Å². The monoisotopic (exact) mass is 855 g/mol. The Labute approximate surface area is 363 Å². The molecular weight excluding hydrogens is 799 g/mol. The molecule has 0 amide bonds. The van der Waals surface area contributed by atoms with Gasteiger partial charge in [0.25, 0.3) is 0 Å². The van der Waals surface area contributed by atoms with E-state index < -0.39 is 29.8 Å². The number of benzene rings is 3. The lowest BCUT2D eigenvalue weighted by Gasteiger charge is -2.16. The Morgan fingerprint density at radius 1 is 0.435 bits per heavy atom. The first-order valence-corrected chi connectivity index (χ1v) is 20.8. The molecule has 0 fully saturated rings. The first kappa shape index (κ1) is 49.7. The van der Waals surface area contributed by atoms with E-state index in [0.717, 1.165) is 88.7 Å². The van der Waals surface area contributed by atoms with Gasteiger partial charge in [0.15, 0.2) is 11.5 Å². The number of carbonyl (C=O) groups excluding carboxylic acids is 5. The van der Waals surface area contributed by atoms with Crippen LogP contribution in [-0.2, 0) is 28.6 Å². The minimum absolute atomic E-state index is 0.0287. The molecular formula is C48H57NO13. The van der Waals surface area contributed by atoms with Gasteiger partial charge in [-0.3, -0.25) is 0 Å². The molecule has 0 aliphatic carbocycles. The lowest BCUT2D eigenvalue weighted by Crippen LogP contribution is -2.13. The summed E-state index contributed by atoms with van der Waals surface area (Å²) in [4.78, 5) is 60.1. The smallest absolute Gasteiger partial charge is 0.343 e. The quantitative estimate of drug-likeness (QED) is 0.0157. The number of esters is 5. The third-order valence-corrected chi connectivity index (χ3v) is 8.96. The van der Waals surface area contributed by atoms with Crippen LogP contribution in [0.15, 0.2) is 98.6 Å². The van der Waals surface area contributed by atoms with Crippen molar-refractivity contribution in [2.75, 3.05) is 39.6 Å². The fraction of sp³-hybridized carbons (Fsp3) is 0.375. The summed E-state index contributed by atoms with van der Waals surface area (Å²) < 4.78 is 44.2. The van der Waals surface area contributed by atoms with Gasteiger partial charge in [0.05, 0.1) is 50.8 Å². The van der Waals surface area contributed by atoms with Gasteiger partial charge in [0.2, 0.25) is 0 Å². The molecule has 0 heterocycles. The maximum Gasteiger partial charge on any atom is 0.343 e. The normalized spacial score (nSPS) is 10.4. The van der Waals surface area contributed by atoms with Crippen molar-refractivity contribution in [1.29, 1.82) is 5.41 Å². The first-order valence-electron chi connectivity index (χ1n) is 20.8. The van der Waals surface area contributed by atoms with Gasteiger partial charge in [-0.2, -0.15) is 0 Å². The molecule has 0 aromatic heterocycles. The van der Waals surface area contributed by atoms with Crippen LogP contribution in [0.4, 0.5) is 0 Å². The third kappa shape index (κ3) is 19.6. The first-order chi connectivity index (χ1) is 30.2. The minimum atomic E-state index is -0.682. The summed E-state index contributed by atoms with van der Waals surface area (Å²) >= 11 is 0. The van der Waals surface area contributed by atoms with Crippen LogP contribution in [0, 0.1) is 5.41 Å². The Bertz CT molecular complexity index is 1920. The lowest BCUT2D eigenvalue weighted by atomic mass is 10.1. The van der Waals surface area contributed by atoms with Crippen molar-refractivity contribution >= 4 is 36.1 Å². The molecule has 0 atom stereocenters. The molecule has 0 unspecified atom stereocenters. The summed E-state index contributed by atoms with van der Waals surface area (Å²) in [5, 5.41) is 8.06. The molecule has 0 bridgehead atoms. The maximum atomic E-state index is 13.3. The van der Waals surface area contributed by atoms with Crippen molar-refractivity contribution in [1.82, 2.24) is 0 Å². The molecule has 14 heteroatoms. The predicted molar refractivity (Wildman–Crippen MR) is 232 cm³/mol. The molecule has 62 heavy (non-hydrogen) atoms. The minimum Gasteiger partial charge on any atom is -0.494 e. The zero-order valence-electron chi connectivity index (χ0n) is 35.2. The highest BCUT2D eigenvalue weighted by Crippen LogP contribution is 2.36. The Kier molecular flexibility index (Phi) is 23.6. The Morgan fingerprint density at radius 3 is 1.16 bits per heavy atom. The second kappa shape index (κ2) is 29.5. The Morgan fingerprint density at radius 2 is 0.790 bits per heavy atom. The Balaban J connectivity index is 1.60. The standard InChI is InChI=1S/C48H57NO13/c1-4-44(50)58-30-16-10-7-13-27-55-39-23-19-36(20-24-39)47(53)61-41-34-42(57-29-15-9-12-18-32-60-46(52)6-3)43(33-38(41)35-49)62-48(54)37-21-25-40(26-22-37)56-28-14-8-11-17-31-59-45(51)5-2/h4-6,19-26,33-35,49H,1-3,7-18,27-32H2. The molecule has 0 saturated heterocycles. The van der Waals surface area contributed by atoms with E-state index in [4.69, 9.17) is 43.3 Å². The van der Waals surface area contributed by atoms with E-state index in [1.54, 1.807) is 48.5 Å². The maximum absolute atomic E-state index is 13.3. The third-order valence-electron chi connectivity index (χ3n) is 8.96. The van der Waals surface area contributed by atoms with Crippen LogP contribution in [0.3, 0.4) is 0 Å². The van der Waals surface area contributed by atoms with Gasteiger partial charge < -0.3 is 43.3 Å². The van der Waals surface area contributed by atoms with Crippen LogP contribution in [-0.4, -0.2) is 75.7 Å². The molecule has 3 aromatic rings. The molecule has 1 N–H and O–H groups in total. The van der Waals surface area contributed by atoms with Gasteiger partial charge in [-0.15, -0.1) is 0 Å². The second-order valence-corrected chi connectivity index (χ2v) is 13.7. The van der Waals surface area contributed by atoms with E-state index in [0.29, 0.717) is 50.8 Å². The number of carbonyl (C=O) groups is 5. The van der Waals surface area contributed by atoms with Crippen molar-refractivity contribution in [2.45, 2.75) is 77.0 Å². The number of ether oxygens (including phenoxy) is 8. The number of rotatable bonds is 32. The Hall–Kier alpha value is -6.70.